The number of hydrogen-bond acceptors (Lipinski definition) is 4. The van der Waals surface area contributed by atoms with Crippen molar-refractivity contribution in [2.24, 2.45) is 0 Å². The van der Waals surface area contributed by atoms with Gasteiger partial charge in [-0.1, -0.05) is 36.4 Å². The molecule has 128 valence electrons. The highest BCUT2D eigenvalue weighted by Crippen LogP contribution is 2.25. The van der Waals surface area contributed by atoms with Crippen LogP contribution in [0, 0.1) is 0 Å². The average molecular weight is 347 g/mol. The van der Waals surface area contributed by atoms with Crippen molar-refractivity contribution in [2.75, 3.05) is 6.54 Å². The van der Waals surface area contributed by atoms with Crippen LogP contribution in [0.1, 0.15) is 24.0 Å². The Labute approximate surface area is 142 Å². The topological polar surface area (TPSA) is 86.6 Å². The van der Waals surface area contributed by atoms with E-state index in [1.807, 2.05) is 18.2 Å². The maximum atomic E-state index is 11.9. The van der Waals surface area contributed by atoms with E-state index in [1.165, 1.54) is 29.8 Å². The summed E-state index contributed by atoms with van der Waals surface area (Å²) >= 11 is 0. The van der Waals surface area contributed by atoms with E-state index in [0.29, 0.717) is 12.1 Å². The maximum absolute atomic E-state index is 11.9. The fraction of sp³-hybridized carbons (Fsp3) is 0.222. The van der Waals surface area contributed by atoms with Crippen molar-refractivity contribution in [1.82, 2.24) is 4.72 Å². The molecule has 2 aromatic rings. The average Bonchev–Trinajstić information content (AvgIpc) is 2.57. The van der Waals surface area contributed by atoms with Gasteiger partial charge in [0, 0.05) is 12.0 Å². The van der Waals surface area contributed by atoms with E-state index in [-0.39, 0.29) is 11.5 Å². The van der Waals surface area contributed by atoms with Crippen molar-refractivity contribution in [2.45, 2.75) is 19.3 Å². The Morgan fingerprint density at radius 3 is 2.42 bits per heavy atom. The molecule has 2 rings (SSSR count). The van der Waals surface area contributed by atoms with Crippen LogP contribution in [0.2, 0.25) is 0 Å². The van der Waals surface area contributed by atoms with Gasteiger partial charge in [0.1, 0.15) is 0 Å². The second kappa shape index (κ2) is 8.52. The molecule has 2 aromatic carbocycles. The Morgan fingerprint density at radius 1 is 0.958 bits per heavy atom. The molecule has 5 nitrogen and oxygen atoms in total. The number of benzene rings is 2. The van der Waals surface area contributed by atoms with E-state index in [9.17, 15) is 18.6 Å². The molecule has 0 aliphatic rings. The predicted molar refractivity (Wildman–Crippen MR) is 95.1 cm³/mol. The first kappa shape index (κ1) is 18.0. The number of sulfonamides is 1. The summed E-state index contributed by atoms with van der Waals surface area (Å²) in [6.07, 6.45) is 3.95. The zero-order valence-electron chi connectivity index (χ0n) is 13.2. The van der Waals surface area contributed by atoms with Crippen molar-refractivity contribution in [3.05, 3.63) is 65.1 Å². The highest BCUT2D eigenvalue weighted by Gasteiger charge is 2.05. The van der Waals surface area contributed by atoms with Crippen molar-refractivity contribution < 1.29 is 18.6 Å². The number of aryl methyl sites for hydroxylation is 1. The molecule has 0 amide bonds. The van der Waals surface area contributed by atoms with E-state index >= 15 is 0 Å². The minimum Gasteiger partial charge on any atom is -0.504 e. The largest absolute Gasteiger partial charge is 0.504 e. The van der Waals surface area contributed by atoms with Gasteiger partial charge in [-0.3, -0.25) is 0 Å². The lowest BCUT2D eigenvalue weighted by atomic mass is 10.1. The normalized spacial score (nSPS) is 11.8. The lowest BCUT2D eigenvalue weighted by Crippen LogP contribution is -2.22. The summed E-state index contributed by atoms with van der Waals surface area (Å²) in [5.41, 5.74) is 1.73. The summed E-state index contributed by atoms with van der Waals surface area (Å²) in [5.74, 6) is -0.532. The van der Waals surface area contributed by atoms with Gasteiger partial charge in [-0.05, 0) is 48.6 Å². The molecule has 24 heavy (non-hydrogen) atoms. The zero-order valence-corrected chi connectivity index (χ0v) is 14.0. The van der Waals surface area contributed by atoms with Crippen LogP contribution in [-0.4, -0.2) is 25.2 Å². The molecule has 0 aliphatic carbocycles. The van der Waals surface area contributed by atoms with Crippen LogP contribution >= 0.6 is 0 Å². The summed E-state index contributed by atoms with van der Waals surface area (Å²) in [6.45, 7) is 0.375. The number of rotatable bonds is 8. The molecule has 0 atom stereocenters. The molecule has 6 heteroatoms. The third-order valence-electron chi connectivity index (χ3n) is 3.48. The second-order valence-corrected chi connectivity index (χ2v) is 7.08. The van der Waals surface area contributed by atoms with Gasteiger partial charge in [0.2, 0.25) is 10.0 Å². The van der Waals surface area contributed by atoms with Gasteiger partial charge in [-0.25, -0.2) is 13.1 Å². The number of phenolic OH excluding ortho intramolecular Hbond substituents is 2. The molecule has 0 radical (unpaired) electrons. The maximum Gasteiger partial charge on any atom is 0.233 e. The molecule has 0 saturated carbocycles. The molecular weight excluding hydrogens is 326 g/mol. The first-order chi connectivity index (χ1) is 11.5. The van der Waals surface area contributed by atoms with Crippen LogP contribution in [0.4, 0.5) is 0 Å². The standard InChI is InChI=1S/C18H21NO4S/c20-17-10-9-16(14-18(17)21)11-13-24(22,23)19-12-5-4-8-15-6-2-1-3-7-15/h1-3,6-7,9-11,13-14,19-21H,4-5,8,12H2/b13-11+. The smallest absolute Gasteiger partial charge is 0.233 e. The van der Waals surface area contributed by atoms with E-state index in [1.54, 1.807) is 0 Å². The van der Waals surface area contributed by atoms with Gasteiger partial charge in [0.25, 0.3) is 0 Å². The summed E-state index contributed by atoms with van der Waals surface area (Å²) in [6, 6.07) is 14.2. The van der Waals surface area contributed by atoms with E-state index in [4.69, 9.17) is 0 Å². The van der Waals surface area contributed by atoms with Gasteiger partial charge >= 0.3 is 0 Å². The Hall–Kier alpha value is -2.31. The van der Waals surface area contributed by atoms with Crippen LogP contribution in [0.25, 0.3) is 6.08 Å². The van der Waals surface area contributed by atoms with Crippen molar-refractivity contribution in [3.63, 3.8) is 0 Å². The number of unbranched alkanes of at least 4 members (excludes halogenated alkanes) is 1. The second-order valence-electron chi connectivity index (χ2n) is 5.43. The lowest BCUT2D eigenvalue weighted by molar-refractivity contribution is 0.403. The van der Waals surface area contributed by atoms with Crippen LogP contribution < -0.4 is 4.72 Å². The van der Waals surface area contributed by atoms with Crippen LogP contribution in [0.3, 0.4) is 0 Å². The first-order valence-corrected chi connectivity index (χ1v) is 9.24. The summed E-state index contributed by atoms with van der Waals surface area (Å²) < 4.78 is 26.3. The SMILES string of the molecule is O=S(=O)(/C=C/c1ccc(O)c(O)c1)NCCCCc1ccccc1. The molecular formula is C18H21NO4S. The number of phenols is 2. The molecule has 0 aromatic heterocycles. The quantitative estimate of drug-likeness (QED) is 0.506. The number of aromatic hydroxyl groups is 2. The van der Waals surface area contributed by atoms with Crippen molar-refractivity contribution in [3.8, 4) is 11.5 Å². The Bertz CT molecular complexity index is 786. The van der Waals surface area contributed by atoms with Crippen molar-refractivity contribution in [1.29, 1.82) is 0 Å². The Morgan fingerprint density at radius 2 is 1.71 bits per heavy atom. The van der Waals surface area contributed by atoms with Crippen LogP contribution in [0.5, 0.6) is 11.5 Å². The first-order valence-electron chi connectivity index (χ1n) is 7.70. The molecule has 0 spiro atoms. The third kappa shape index (κ3) is 6.06. The van der Waals surface area contributed by atoms with Gasteiger partial charge in [-0.2, -0.15) is 0 Å². The monoisotopic (exact) mass is 347 g/mol. The highest BCUT2D eigenvalue weighted by molar-refractivity contribution is 7.92. The molecule has 0 fully saturated rings. The van der Waals surface area contributed by atoms with Crippen LogP contribution in [-0.2, 0) is 16.4 Å². The number of nitrogens with one attached hydrogen (secondary N) is 1. The van der Waals surface area contributed by atoms with E-state index in [0.717, 1.165) is 24.7 Å². The lowest BCUT2D eigenvalue weighted by Gasteiger charge is -2.04. The molecule has 0 saturated heterocycles. The molecule has 0 unspecified atom stereocenters. The fourth-order valence-corrected chi connectivity index (χ4v) is 3.03. The summed E-state index contributed by atoms with van der Waals surface area (Å²) in [5, 5.41) is 19.6. The van der Waals surface area contributed by atoms with Gasteiger partial charge < -0.3 is 10.2 Å². The molecule has 3 N–H and O–H groups in total. The third-order valence-corrected chi connectivity index (χ3v) is 4.58. The Balaban J connectivity index is 1.76. The minimum absolute atomic E-state index is 0.244. The molecule has 0 heterocycles. The number of hydrogen-bond donors (Lipinski definition) is 3. The molecule has 0 bridgehead atoms. The van der Waals surface area contributed by atoms with E-state index < -0.39 is 10.0 Å². The summed E-state index contributed by atoms with van der Waals surface area (Å²) in [7, 11) is -3.52. The summed E-state index contributed by atoms with van der Waals surface area (Å²) in [4.78, 5) is 0. The Kier molecular flexibility index (Phi) is 6.40. The van der Waals surface area contributed by atoms with Crippen molar-refractivity contribution >= 4 is 16.1 Å². The minimum atomic E-state index is -3.52. The van der Waals surface area contributed by atoms with E-state index in [2.05, 4.69) is 16.9 Å². The zero-order chi connectivity index (χ0) is 17.4. The highest BCUT2D eigenvalue weighted by atomic mass is 32.2. The van der Waals surface area contributed by atoms with Gasteiger partial charge in [0.15, 0.2) is 11.5 Å². The van der Waals surface area contributed by atoms with Gasteiger partial charge in [-0.15, -0.1) is 0 Å². The molecule has 0 aliphatic heterocycles. The fourth-order valence-electron chi connectivity index (χ4n) is 2.17. The van der Waals surface area contributed by atoms with Crippen LogP contribution in [0.15, 0.2) is 53.9 Å². The van der Waals surface area contributed by atoms with Gasteiger partial charge in [0.05, 0.1) is 0 Å². The predicted octanol–water partition coefficient (Wildman–Crippen LogP) is 3.01.